The highest BCUT2D eigenvalue weighted by Gasteiger charge is 2.44. The van der Waals surface area contributed by atoms with Gasteiger partial charge in [-0.1, -0.05) is 45.0 Å². The number of nitrogens with zero attached hydrogens (tertiary/aromatic N) is 3. The first kappa shape index (κ1) is 23.0. The summed E-state index contributed by atoms with van der Waals surface area (Å²) < 4.78 is 0. The molecule has 0 aliphatic carbocycles. The maximum absolute atomic E-state index is 13.3. The summed E-state index contributed by atoms with van der Waals surface area (Å²) in [6, 6.07) is 12.4. The summed E-state index contributed by atoms with van der Waals surface area (Å²) in [7, 11) is 3.62. The lowest BCUT2D eigenvalue weighted by atomic mass is 9.73. The summed E-state index contributed by atoms with van der Waals surface area (Å²) in [5.74, 6) is 0.259. The van der Waals surface area contributed by atoms with Crippen LogP contribution in [0.3, 0.4) is 0 Å². The largest absolute Gasteiger partial charge is 0.348 e. The molecule has 2 aromatic rings. The highest BCUT2D eigenvalue weighted by Crippen LogP contribution is 2.37. The highest BCUT2D eigenvalue weighted by molar-refractivity contribution is 5.85. The predicted octanol–water partition coefficient (Wildman–Crippen LogP) is 4.42. The first-order chi connectivity index (χ1) is 14.6. The molecule has 2 amide bonds. The number of hydrogen-bond donors (Lipinski definition) is 0. The quantitative estimate of drug-likeness (QED) is 0.718. The summed E-state index contributed by atoms with van der Waals surface area (Å²) >= 11 is 0. The summed E-state index contributed by atoms with van der Waals surface area (Å²) in [5.41, 5.74) is 2.74. The fourth-order valence-electron chi connectivity index (χ4n) is 4.53. The Balaban J connectivity index is 1.84. The number of pyridine rings is 1. The lowest BCUT2D eigenvalue weighted by molar-refractivity contribution is -0.147. The van der Waals surface area contributed by atoms with Crippen molar-refractivity contribution in [2.45, 2.75) is 46.5 Å². The topological polar surface area (TPSA) is 53.5 Å². The van der Waals surface area contributed by atoms with Crippen molar-refractivity contribution >= 4 is 11.8 Å². The Kier molecular flexibility index (Phi) is 6.83. The fourth-order valence-corrected chi connectivity index (χ4v) is 4.53. The number of carbonyl (C=O) groups is 2. The minimum Gasteiger partial charge on any atom is -0.348 e. The molecule has 0 spiro atoms. The smallest absolute Gasteiger partial charge is 0.230 e. The zero-order chi connectivity index (χ0) is 22.6. The van der Waals surface area contributed by atoms with Crippen LogP contribution in [0.5, 0.6) is 0 Å². The molecule has 2 heterocycles. The van der Waals surface area contributed by atoms with Crippen LogP contribution >= 0.6 is 0 Å². The van der Waals surface area contributed by atoms with Crippen LogP contribution < -0.4 is 0 Å². The molecule has 1 aromatic heterocycles. The van der Waals surface area contributed by atoms with Crippen LogP contribution in [0, 0.1) is 10.8 Å². The molecule has 1 aromatic carbocycles. The van der Waals surface area contributed by atoms with E-state index in [9.17, 15) is 9.59 Å². The molecule has 1 fully saturated rings. The van der Waals surface area contributed by atoms with E-state index in [1.807, 2.05) is 31.1 Å². The maximum atomic E-state index is 13.3. The highest BCUT2D eigenvalue weighted by atomic mass is 16.2. The third-order valence-electron chi connectivity index (χ3n) is 5.98. The van der Waals surface area contributed by atoms with Crippen molar-refractivity contribution in [2.75, 3.05) is 27.2 Å². The molecule has 0 saturated carbocycles. The first-order valence-electron chi connectivity index (χ1n) is 11.1. The van der Waals surface area contributed by atoms with E-state index in [1.165, 1.54) is 0 Å². The van der Waals surface area contributed by atoms with Crippen molar-refractivity contribution in [1.29, 1.82) is 0 Å². The van der Waals surface area contributed by atoms with Crippen molar-refractivity contribution in [3.63, 3.8) is 0 Å². The second-order valence-corrected chi connectivity index (χ2v) is 10.2. The van der Waals surface area contributed by atoms with Crippen molar-refractivity contribution < 1.29 is 9.59 Å². The summed E-state index contributed by atoms with van der Waals surface area (Å²) in [6.07, 6.45) is 6.37. The zero-order valence-electron chi connectivity index (χ0n) is 19.5. The van der Waals surface area contributed by atoms with Gasteiger partial charge in [-0.3, -0.25) is 14.6 Å². The van der Waals surface area contributed by atoms with E-state index in [-0.39, 0.29) is 17.2 Å². The molecular weight excluding hydrogens is 386 g/mol. The Morgan fingerprint density at radius 3 is 2.23 bits per heavy atom. The van der Waals surface area contributed by atoms with E-state index >= 15 is 0 Å². The molecule has 0 unspecified atom stereocenters. The molecule has 1 aliphatic rings. The van der Waals surface area contributed by atoms with Gasteiger partial charge < -0.3 is 9.80 Å². The number of piperidine rings is 1. The summed E-state index contributed by atoms with van der Waals surface area (Å²) in [4.78, 5) is 34.0. The molecule has 1 aliphatic heterocycles. The first-order valence-corrected chi connectivity index (χ1v) is 11.1. The number of hydrogen-bond acceptors (Lipinski definition) is 3. The lowest BCUT2D eigenvalue weighted by Gasteiger charge is -2.43. The van der Waals surface area contributed by atoms with Crippen molar-refractivity contribution in [1.82, 2.24) is 14.8 Å². The summed E-state index contributed by atoms with van der Waals surface area (Å²) in [6.45, 7) is 7.47. The van der Waals surface area contributed by atoms with Crippen LogP contribution in [0.15, 0.2) is 48.8 Å². The molecule has 0 N–H and O–H groups in total. The van der Waals surface area contributed by atoms with Crippen LogP contribution in [0.25, 0.3) is 11.1 Å². The Morgan fingerprint density at radius 1 is 1.03 bits per heavy atom. The number of likely N-dealkylation sites (tertiary alicyclic amines) is 1. The Labute approximate surface area is 186 Å². The Hall–Kier alpha value is -2.69. The molecule has 31 heavy (non-hydrogen) atoms. The van der Waals surface area contributed by atoms with E-state index in [2.05, 4.69) is 50.0 Å². The van der Waals surface area contributed by atoms with E-state index in [1.54, 1.807) is 17.3 Å². The van der Waals surface area contributed by atoms with Gasteiger partial charge in [0, 0.05) is 46.0 Å². The van der Waals surface area contributed by atoms with Gasteiger partial charge in [-0.05, 0) is 53.5 Å². The van der Waals surface area contributed by atoms with Crippen molar-refractivity contribution in [2.24, 2.45) is 10.8 Å². The molecule has 5 nitrogen and oxygen atoms in total. The number of aromatic nitrogens is 1. The Morgan fingerprint density at radius 2 is 1.65 bits per heavy atom. The van der Waals surface area contributed by atoms with Crippen LogP contribution in [0.4, 0.5) is 0 Å². The van der Waals surface area contributed by atoms with Gasteiger partial charge in [0.25, 0.3) is 0 Å². The minimum atomic E-state index is -0.576. The van der Waals surface area contributed by atoms with Gasteiger partial charge in [0.1, 0.15) is 0 Å². The standard InChI is InChI=1S/C26H35N3O2/c1-25(2,3)18-23(30)29-16-6-13-26(19-29,24(31)28(4)5)17-20-7-9-21(10-8-20)22-11-14-27-15-12-22/h7-12,14-15H,6,13,16-19H2,1-5H3/t26-/m1/s1. The molecule has 5 heteroatoms. The summed E-state index contributed by atoms with van der Waals surface area (Å²) in [5, 5.41) is 0. The number of carbonyl (C=O) groups excluding carboxylic acids is 2. The van der Waals surface area contributed by atoms with Crippen LogP contribution in [-0.4, -0.2) is 53.8 Å². The number of rotatable bonds is 5. The van der Waals surface area contributed by atoms with Crippen molar-refractivity contribution in [3.8, 4) is 11.1 Å². The molecular formula is C26H35N3O2. The molecule has 0 radical (unpaired) electrons. The predicted molar refractivity (Wildman–Crippen MR) is 124 cm³/mol. The van der Waals surface area contributed by atoms with Gasteiger partial charge in [0.2, 0.25) is 11.8 Å². The van der Waals surface area contributed by atoms with Gasteiger partial charge in [0.15, 0.2) is 0 Å². The zero-order valence-corrected chi connectivity index (χ0v) is 19.5. The Bertz CT molecular complexity index is 900. The lowest BCUT2D eigenvalue weighted by Crippen LogP contribution is -2.54. The van der Waals surface area contributed by atoms with Crippen LogP contribution in [-0.2, 0) is 16.0 Å². The van der Waals surface area contributed by atoms with Gasteiger partial charge in [-0.25, -0.2) is 0 Å². The third kappa shape index (κ3) is 5.72. The van der Waals surface area contributed by atoms with Gasteiger partial charge in [0.05, 0.1) is 5.41 Å². The molecule has 1 atom stereocenters. The number of amides is 2. The maximum Gasteiger partial charge on any atom is 0.230 e. The van der Waals surface area contributed by atoms with Crippen LogP contribution in [0.2, 0.25) is 0 Å². The molecule has 0 bridgehead atoms. The third-order valence-corrected chi connectivity index (χ3v) is 5.98. The van der Waals surface area contributed by atoms with E-state index < -0.39 is 5.41 Å². The SMILES string of the molecule is CN(C)C(=O)[C@@]1(Cc2ccc(-c3ccncc3)cc2)CCCN(C(=O)CC(C)(C)C)C1. The van der Waals surface area contributed by atoms with Crippen LogP contribution in [0.1, 0.15) is 45.6 Å². The molecule has 3 rings (SSSR count). The second-order valence-electron chi connectivity index (χ2n) is 10.2. The average Bonchev–Trinajstić information content (AvgIpc) is 2.73. The van der Waals surface area contributed by atoms with Gasteiger partial charge >= 0.3 is 0 Å². The van der Waals surface area contributed by atoms with E-state index in [0.29, 0.717) is 19.4 Å². The average molecular weight is 422 g/mol. The number of benzene rings is 1. The fraction of sp³-hybridized carbons (Fsp3) is 0.500. The van der Waals surface area contributed by atoms with Crippen molar-refractivity contribution in [3.05, 3.63) is 54.4 Å². The van der Waals surface area contributed by atoms with Gasteiger partial charge in [-0.15, -0.1) is 0 Å². The monoisotopic (exact) mass is 421 g/mol. The van der Waals surface area contributed by atoms with E-state index in [4.69, 9.17) is 0 Å². The van der Waals surface area contributed by atoms with Gasteiger partial charge in [-0.2, -0.15) is 0 Å². The minimum absolute atomic E-state index is 0.0640. The molecule has 166 valence electrons. The molecule has 1 saturated heterocycles. The normalized spacial score (nSPS) is 19.2. The second kappa shape index (κ2) is 9.21. The van der Waals surface area contributed by atoms with E-state index in [0.717, 1.165) is 36.1 Å².